The number of carbonyl (C=O) groups is 1. The Kier molecular flexibility index (Phi) is 5.74. The second-order valence-electron chi connectivity index (χ2n) is 6.87. The summed E-state index contributed by atoms with van der Waals surface area (Å²) < 4.78 is 11.1. The van der Waals surface area contributed by atoms with Crippen molar-refractivity contribution in [1.29, 1.82) is 0 Å². The van der Waals surface area contributed by atoms with Crippen LogP contribution in [0.25, 0.3) is 0 Å². The van der Waals surface area contributed by atoms with Crippen LogP contribution in [0, 0.1) is 6.92 Å². The molecule has 2 aliphatic rings. The Morgan fingerprint density at radius 2 is 2.08 bits per heavy atom. The Balaban J connectivity index is 1.46. The lowest BCUT2D eigenvalue weighted by Gasteiger charge is -2.41. The maximum Gasteiger partial charge on any atom is 0.248 e. The number of carbonyl (C=O) groups excluding carboxylic acids is 1. The van der Waals surface area contributed by atoms with Crippen LogP contribution in [0.4, 0.5) is 5.69 Å². The molecular weight excluding hydrogens is 304 g/mol. The van der Waals surface area contributed by atoms with Gasteiger partial charge < -0.3 is 19.3 Å². The van der Waals surface area contributed by atoms with Gasteiger partial charge in [0.05, 0.1) is 12.7 Å². The molecule has 0 saturated carbocycles. The van der Waals surface area contributed by atoms with Gasteiger partial charge in [0, 0.05) is 38.0 Å². The van der Waals surface area contributed by atoms with Gasteiger partial charge in [-0.3, -0.25) is 4.79 Å². The number of benzene rings is 1. The molecule has 2 unspecified atom stereocenters. The van der Waals surface area contributed by atoms with Crippen LogP contribution in [-0.2, 0) is 14.3 Å². The molecule has 5 nitrogen and oxygen atoms in total. The van der Waals surface area contributed by atoms with E-state index in [0.29, 0.717) is 6.61 Å². The molecule has 0 radical (unpaired) electrons. The smallest absolute Gasteiger partial charge is 0.248 e. The third kappa shape index (κ3) is 4.28. The summed E-state index contributed by atoms with van der Waals surface area (Å²) in [6, 6.07) is 8.78. The summed E-state index contributed by atoms with van der Waals surface area (Å²) in [4.78, 5) is 16.7. The minimum atomic E-state index is 0.0871. The average Bonchev–Trinajstić information content (AvgIpc) is 3.08. The van der Waals surface area contributed by atoms with E-state index in [-0.39, 0.29) is 24.7 Å². The standard InChI is InChI=1S/C19H28N2O3/c1-15-5-7-17(8-6-15)20-9-10-21(16(2)12-20)19(22)14-23-13-18-4-3-11-24-18/h5-8,16,18H,3-4,9-14H2,1-2H3. The number of aryl methyl sites for hydroxylation is 1. The van der Waals surface area contributed by atoms with E-state index < -0.39 is 0 Å². The van der Waals surface area contributed by atoms with Crippen molar-refractivity contribution < 1.29 is 14.3 Å². The lowest BCUT2D eigenvalue weighted by molar-refractivity contribution is -0.139. The second kappa shape index (κ2) is 7.99. The first-order valence-corrected chi connectivity index (χ1v) is 8.94. The molecule has 2 aliphatic heterocycles. The topological polar surface area (TPSA) is 42.0 Å². The predicted octanol–water partition coefficient (Wildman–Crippen LogP) is 2.23. The van der Waals surface area contributed by atoms with Crippen molar-refractivity contribution in [3.63, 3.8) is 0 Å². The first-order valence-electron chi connectivity index (χ1n) is 8.94. The molecule has 1 aromatic rings. The van der Waals surface area contributed by atoms with E-state index in [1.54, 1.807) is 0 Å². The Morgan fingerprint density at radius 3 is 2.75 bits per heavy atom. The molecule has 3 rings (SSSR count). The summed E-state index contributed by atoms with van der Waals surface area (Å²) in [5, 5.41) is 0. The zero-order valence-corrected chi connectivity index (χ0v) is 14.7. The number of piperazine rings is 1. The highest BCUT2D eigenvalue weighted by Crippen LogP contribution is 2.20. The SMILES string of the molecule is Cc1ccc(N2CCN(C(=O)COCC3CCCO3)C(C)C2)cc1. The highest BCUT2D eigenvalue weighted by Gasteiger charge is 2.27. The van der Waals surface area contributed by atoms with E-state index in [1.807, 2.05) is 4.90 Å². The molecule has 5 heteroatoms. The van der Waals surface area contributed by atoms with Crippen LogP contribution in [0.1, 0.15) is 25.3 Å². The Bertz CT molecular complexity index is 540. The van der Waals surface area contributed by atoms with Gasteiger partial charge in [-0.25, -0.2) is 0 Å². The van der Waals surface area contributed by atoms with Crippen molar-refractivity contribution in [2.45, 2.75) is 38.8 Å². The van der Waals surface area contributed by atoms with Crippen molar-refractivity contribution in [2.75, 3.05) is 44.4 Å². The number of amides is 1. The lowest BCUT2D eigenvalue weighted by Crippen LogP contribution is -2.55. The fraction of sp³-hybridized carbons (Fsp3) is 0.632. The van der Waals surface area contributed by atoms with Crippen molar-refractivity contribution in [3.8, 4) is 0 Å². The minimum Gasteiger partial charge on any atom is -0.376 e. The quantitative estimate of drug-likeness (QED) is 0.829. The fourth-order valence-corrected chi connectivity index (χ4v) is 3.45. The van der Waals surface area contributed by atoms with E-state index in [1.165, 1.54) is 11.3 Å². The van der Waals surface area contributed by atoms with Gasteiger partial charge in [-0.05, 0) is 38.8 Å². The number of ether oxygens (including phenoxy) is 2. The van der Waals surface area contributed by atoms with Gasteiger partial charge in [0.15, 0.2) is 0 Å². The zero-order chi connectivity index (χ0) is 16.9. The number of hydrogen-bond acceptors (Lipinski definition) is 4. The minimum absolute atomic E-state index is 0.0871. The number of hydrogen-bond donors (Lipinski definition) is 0. The highest BCUT2D eigenvalue weighted by molar-refractivity contribution is 5.78. The molecule has 24 heavy (non-hydrogen) atoms. The summed E-state index contributed by atoms with van der Waals surface area (Å²) in [6.45, 7) is 8.19. The molecule has 0 N–H and O–H groups in total. The highest BCUT2D eigenvalue weighted by atomic mass is 16.5. The molecule has 0 aliphatic carbocycles. The summed E-state index contributed by atoms with van der Waals surface area (Å²) in [5.41, 5.74) is 2.50. The molecule has 0 spiro atoms. The third-order valence-corrected chi connectivity index (χ3v) is 4.90. The first kappa shape index (κ1) is 17.2. The number of nitrogens with zero attached hydrogens (tertiary/aromatic N) is 2. The summed E-state index contributed by atoms with van der Waals surface area (Å²) in [7, 11) is 0. The summed E-state index contributed by atoms with van der Waals surface area (Å²) >= 11 is 0. The maximum atomic E-state index is 12.4. The normalized spacial score (nSPS) is 24.4. The zero-order valence-electron chi connectivity index (χ0n) is 14.7. The van der Waals surface area contributed by atoms with Crippen LogP contribution < -0.4 is 4.90 Å². The van der Waals surface area contributed by atoms with Crippen LogP contribution in [-0.4, -0.2) is 62.4 Å². The van der Waals surface area contributed by atoms with Crippen LogP contribution in [0.5, 0.6) is 0 Å². The van der Waals surface area contributed by atoms with Crippen molar-refractivity contribution in [3.05, 3.63) is 29.8 Å². The third-order valence-electron chi connectivity index (χ3n) is 4.90. The van der Waals surface area contributed by atoms with Gasteiger partial charge in [-0.2, -0.15) is 0 Å². The van der Waals surface area contributed by atoms with Gasteiger partial charge in [-0.15, -0.1) is 0 Å². The average molecular weight is 332 g/mol. The van der Waals surface area contributed by atoms with E-state index in [2.05, 4.69) is 43.0 Å². The molecule has 1 aromatic carbocycles. The summed E-state index contributed by atoms with van der Waals surface area (Å²) in [6.07, 6.45) is 2.31. The molecule has 2 atom stereocenters. The van der Waals surface area contributed by atoms with Crippen molar-refractivity contribution in [2.24, 2.45) is 0 Å². The van der Waals surface area contributed by atoms with Crippen molar-refractivity contribution in [1.82, 2.24) is 4.90 Å². The number of rotatable bonds is 5. The molecule has 1 amide bonds. The van der Waals surface area contributed by atoms with Crippen LogP contribution in [0.15, 0.2) is 24.3 Å². The monoisotopic (exact) mass is 332 g/mol. The molecule has 2 heterocycles. The number of anilines is 1. The Morgan fingerprint density at radius 1 is 1.29 bits per heavy atom. The van der Waals surface area contributed by atoms with Crippen molar-refractivity contribution >= 4 is 11.6 Å². The first-order chi connectivity index (χ1) is 11.6. The van der Waals surface area contributed by atoms with E-state index in [4.69, 9.17) is 9.47 Å². The molecule has 0 bridgehead atoms. The molecule has 132 valence electrons. The Hall–Kier alpha value is -1.59. The molecule has 2 fully saturated rings. The van der Waals surface area contributed by atoms with Gasteiger partial charge in [0.25, 0.3) is 0 Å². The van der Waals surface area contributed by atoms with E-state index in [9.17, 15) is 4.79 Å². The van der Waals surface area contributed by atoms with Gasteiger partial charge in [0.2, 0.25) is 5.91 Å². The Labute approximate surface area is 144 Å². The van der Waals surface area contributed by atoms with Gasteiger partial charge >= 0.3 is 0 Å². The molecular formula is C19H28N2O3. The molecule has 2 saturated heterocycles. The van der Waals surface area contributed by atoms with Crippen LogP contribution >= 0.6 is 0 Å². The van der Waals surface area contributed by atoms with E-state index >= 15 is 0 Å². The fourth-order valence-electron chi connectivity index (χ4n) is 3.45. The van der Waals surface area contributed by atoms with Crippen LogP contribution in [0.3, 0.4) is 0 Å². The van der Waals surface area contributed by atoms with Gasteiger partial charge in [-0.1, -0.05) is 17.7 Å². The summed E-state index contributed by atoms with van der Waals surface area (Å²) in [5.74, 6) is 0.0871. The largest absolute Gasteiger partial charge is 0.376 e. The maximum absolute atomic E-state index is 12.4. The molecule has 0 aromatic heterocycles. The van der Waals surface area contributed by atoms with Gasteiger partial charge in [0.1, 0.15) is 6.61 Å². The van der Waals surface area contributed by atoms with Crippen LogP contribution in [0.2, 0.25) is 0 Å². The lowest BCUT2D eigenvalue weighted by atomic mass is 10.1. The predicted molar refractivity (Wildman–Crippen MR) is 94.4 cm³/mol. The van der Waals surface area contributed by atoms with E-state index in [0.717, 1.165) is 39.1 Å². The second-order valence-corrected chi connectivity index (χ2v) is 6.87.